The van der Waals surface area contributed by atoms with Gasteiger partial charge in [0.1, 0.15) is 26.4 Å². The Kier molecular flexibility index (Phi) is 16.1. The van der Waals surface area contributed by atoms with Gasteiger partial charge in [-0.3, -0.25) is 24.5 Å². The highest BCUT2D eigenvalue weighted by molar-refractivity contribution is 6.09. The van der Waals surface area contributed by atoms with E-state index in [1.165, 1.54) is 24.3 Å². The molecule has 1 amide bonds. The number of aliphatic hydroxyl groups is 1. The van der Waals surface area contributed by atoms with E-state index < -0.39 is 40.9 Å². The molecule has 0 radical (unpaired) electrons. The number of carbonyl (C=O) groups is 6. The number of cyclic esters (lactones) is 1. The van der Waals surface area contributed by atoms with Crippen LogP contribution in [0.15, 0.2) is 60.2 Å². The van der Waals surface area contributed by atoms with Crippen LogP contribution < -0.4 is 10.6 Å². The summed E-state index contributed by atoms with van der Waals surface area (Å²) in [6.07, 6.45) is 9.25. The van der Waals surface area contributed by atoms with Crippen molar-refractivity contribution in [2.24, 2.45) is 22.7 Å². The zero-order valence-electron chi connectivity index (χ0n) is 36.7. The third-order valence-corrected chi connectivity index (χ3v) is 13.2. The summed E-state index contributed by atoms with van der Waals surface area (Å²) < 4.78 is 38.2. The van der Waals surface area contributed by atoms with Gasteiger partial charge in [-0.15, -0.1) is 6.42 Å². The summed E-state index contributed by atoms with van der Waals surface area (Å²) in [6, 6.07) is 12.2. The fourth-order valence-electron chi connectivity index (χ4n) is 9.93. The average molecular weight is 887 g/mol. The maximum Gasteiger partial charge on any atom is 0.338 e. The van der Waals surface area contributed by atoms with Crippen LogP contribution in [0.4, 0.5) is 5.69 Å². The molecule has 16 heteroatoms. The van der Waals surface area contributed by atoms with E-state index >= 15 is 0 Å². The molecule has 2 saturated carbocycles. The zero-order chi connectivity index (χ0) is 45.9. The van der Waals surface area contributed by atoms with E-state index in [-0.39, 0.29) is 99.8 Å². The van der Waals surface area contributed by atoms with Crippen LogP contribution in [0, 0.1) is 35.0 Å². The van der Waals surface area contributed by atoms with Gasteiger partial charge in [0.05, 0.1) is 74.9 Å². The van der Waals surface area contributed by atoms with Gasteiger partial charge in [0, 0.05) is 22.2 Å². The number of anilines is 1. The highest BCUT2D eigenvalue weighted by atomic mass is 16.6. The van der Waals surface area contributed by atoms with E-state index in [9.17, 15) is 33.9 Å². The van der Waals surface area contributed by atoms with E-state index in [0.29, 0.717) is 48.4 Å². The minimum atomic E-state index is -0.711. The normalized spacial score (nSPS) is 26.9. The van der Waals surface area contributed by atoms with Crippen molar-refractivity contribution in [1.82, 2.24) is 5.32 Å². The molecular formula is C48H58N2O14. The second kappa shape index (κ2) is 21.5. The van der Waals surface area contributed by atoms with E-state index in [2.05, 4.69) is 30.4 Å². The molecule has 344 valence electrons. The number of benzene rings is 2. The average Bonchev–Trinajstić information content (AvgIpc) is 3.88. The first-order valence-electron chi connectivity index (χ1n) is 21.7. The Morgan fingerprint density at radius 1 is 0.812 bits per heavy atom. The summed E-state index contributed by atoms with van der Waals surface area (Å²) in [5.74, 6) is -0.283. The number of hydrogen-bond donors (Lipinski definition) is 3. The van der Waals surface area contributed by atoms with E-state index in [4.69, 9.17) is 39.6 Å². The predicted molar refractivity (Wildman–Crippen MR) is 230 cm³/mol. The number of ketones is 1. The zero-order valence-corrected chi connectivity index (χ0v) is 36.7. The maximum atomic E-state index is 13.2. The van der Waals surface area contributed by atoms with E-state index in [0.717, 1.165) is 19.3 Å². The molecule has 16 nitrogen and oxygen atoms in total. The fraction of sp³-hybridized carbons (Fsp3) is 0.542. The smallest absolute Gasteiger partial charge is 0.338 e. The number of hydrogen-bond acceptors (Lipinski definition) is 15. The van der Waals surface area contributed by atoms with E-state index in [1.807, 2.05) is 13.0 Å². The number of amides is 1. The molecule has 2 heterocycles. The number of carbonyl (C=O) groups excluding carboxylic acids is 6. The number of ether oxygens (including phenoxy) is 7. The van der Waals surface area contributed by atoms with Gasteiger partial charge in [0.15, 0.2) is 5.78 Å². The lowest BCUT2D eigenvalue weighted by atomic mass is 9.44. The van der Waals surface area contributed by atoms with Crippen LogP contribution in [0.25, 0.3) is 0 Å². The van der Waals surface area contributed by atoms with Gasteiger partial charge in [-0.25, -0.2) is 9.59 Å². The van der Waals surface area contributed by atoms with Gasteiger partial charge in [0.2, 0.25) is 5.91 Å². The number of esters is 4. The lowest BCUT2D eigenvalue weighted by molar-refractivity contribution is -0.203. The predicted octanol–water partition coefficient (Wildman–Crippen LogP) is 3.97. The molecule has 3 fully saturated rings. The monoisotopic (exact) mass is 886 g/mol. The first-order valence-corrected chi connectivity index (χ1v) is 21.7. The van der Waals surface area contributed by atoms with Crippen molar-refractivity contribution in [3.63, 3.8) is 0 Å². The summed E-state index contributed by atoms with van der Waals surface area (Å²) >= 11 is 0. The van der Waals surface area contributed by atoms with Gasteiger partial charge in [-0.05, 0) is 98.8 Å². The van der Waals surface area contributed by atoms with Crippen molar-refractivity contribution in [2.75, 3.05) is 71.3 Å². The van der Waals surface area contributed by atoms with E-state index in [1.54, 1.807) is 24.3 Å². The molecular weight excluding hydrogens is 829 g/mol. The van der Waals surface area contributed by atoms with Gasteiger partial charge >= 0.3 is 23.9 Å². The van der Waals surface area contributed by atoms with Crippen molar-refractivity contribution in [1.29, 1.82) is 0 Å². The minimum Gasteiger partial charge on any atom is -0.465 e. The quantitative estimate of drug-likeness (QED) is 0.0533. The highest BCUT2D eigenvalue weighted by Crippen LogP contribution is 2.66. The Bertz CT molecular complexity index is 2100. The molecule has 6 rings (SSSR count). The van der Waals surface area contributed by atoms with Crippen molar-refractivity contribution < 1.29 is 67.0 Å². The molecule has 64 heavy (non-hydrogen) atoms. The van der Waals surface area contributed by atoms with Crippen molar-refractivity contribution in [2.45, 2.75) is 77.1 Å². The van der Waals surface area contributed by atoms with Gasteiger partial charge in [-0.1, -0.05) is 31.9 Å². The largest absolute Gasteiger partial charge is 0.465 e. The third kappa shape index (κ3) is 11.4. The van der Waals surface area contributed by atoms with Gasteiger partial charge < -0.3 is 43.6 Å². The Hall–Kier alpha value is -5.44. The molecule has 0 spiro atoms. The Morgan fingerprint density at radius 3 is 2.20 bits per heavy atom. The van der Waals surface area contributed by atoms with Crippen LogP contribution in [0.5, 0.6) is 0 Å². The minimum absolute atomic E-state index is 0.0151. The molecule has 4 unspecified atom stereocenters. The lowest BCUT2D eigenvalue weighted by Crippen LogP contribution is -2.61. The fourth-order valence-corrected chi connectivity index (χ4v) is 9.93. The van der Waals surface area contributed by atoms with Crippen LogP contribution >= 0.6 is 0 Å². The van der Waals surface area contributed by atoms with Crippen LogP contribution in [-0.2, 0) is 52.3 Å². The topological polar surface area (TPSA) is 211 Å². The highest BCUT2D eigenvalue weighted by Gasteiger charge is 2.65. The molecule has 2 aliphatic carbocycles. The number of fused-ring (bicyclic) bond motifs is 3. The summed E-state index contributed by atoms with van der Waals surface area (Å²) in [5, 5.41) is 16.7. The summed E-state index contributed by atoms with van der Waals surface area (Å²) in [7, 11) is 0. The molecule has 2 aromatic carbocycles. The maximum absolute atomic E-state index is 13.2. The molecule has 2 aromatic rings. The summed E-state index contributed by atoms with van der Waals surface area (Å²) in [5.41, 5.74) is 0.544. The Morgan fingerprint density at radius 2 is 1.50 bits per heavy atom. The Labute approximate surface area is 373 Å². The second-order valence-electron chi connectivity index (χ2n) is 17.4. The molecule has 1 saturated heterocycles. The molecule has 4 aliphatic rings. The van der Waals surface area contributed by atoms with Crippen molar-refractivity contribution in [3.05, 3.63) is 76.9 Å². The van der Waals surface area contributed by atoms with Crippen molar-refractivity contribution >= 4 is 41.3 Å². The van der Waals surface area contributed by atoms with Crippen molar-refractivity contribution in [3.8, 4) is 12.3 Å². The lowest BCUT2D eigenvalue weighted by Gasteiger charge is -2.61. The molecule has 0 bridgehead atoms. The Balaban J connectivity index is 0.892. The van der Waals surface area contributed by atoms with Crippen LogP contribution in [0.2, 0.25) is 0 Å². The molecule has 0 aromatic heterocycles. The molecule has 2 aliphatic heterocycles. The SMILES string of the molecule is C#CCOCCOCCOC(=O)CNCC(=O)Nc1ccc(C(=O)c2ccc(C(=O)OCCC(=O)OC[C@@]3(C)C4CCC5(C)OC(C6=CCOC6=O)CC5[C@]4(C)CC[C@H]3O)cc2)cc1. The van der Waals surface area contributed by atoms with Crippen LogP contribution in [-0.4, -0.2) is 124 Å². The second-order valence-corrected chi connectivity index (χ2v) is 17.4. The van der Waals surface area contributed by atoms with Crippen LogP contribution in [0.1, 0.15) is 85.6 Å². The standard InChI is InChI=1S/C48H58N2O14/c1-5-20-58-23-24-59-25-26-60-42(54)29-49-28-40(52)50-34-12-10-32(11-13-34)43(55)31-6-8-33(9-7-31)44(56)61-22-17-41(53)63-30-47(3)37-14-19-48(4)38(46(37,2)18-15-39(47)51)27-36(64-48)35-16-21-62-45(35)57/h1,6-13,16,36-39,49,51H,14-15,17-30H2,2-4H3,(H,50,52)/t36?,37?,38?,39-,46-,47+,48?/m1/s1. The van der Waals surface area contributed by atoms with Gasteiger partial charge in [-0.2, -0.15) is 0 Å². The number of rotatable bonds is 21. The number of nitrogens with one attached hydrogen (secondary N) is 2. The molecule has 3 N–H and O–H groups in total. The summed E-state index contributed by atoms with van der Waals surface area (Å²) in [4.78, 5) is 75.5. The first-order chi connectivity index (χ1) is 30.7. The third-order valence-electron chi connectivity index (χ3n) is 13.2. The first kappa shape index (κ1) is 48.0. The van der Waals surface area contributed by atoms with Crippen LogP contribution in [0.3, 0.4) is 0 Å². The van der Waals surface area contributed by atoms with Gasteiger partial charge in [0.25, 0.3) is 0 Å². The number of aliphatic hydroxyl groups excluding tert-OH is 1. The summed E-state index contributed by atoms with van der Waals surface area (Å²) in [6.45, 7) is 7.21. The molecule has 7 atom stereocenters. The number of terminal acetylenes is 1.